The number of hydrogen-bond donors (Lipinski definition) is 9. The summed E-state index contributed by atoms with van der Waals surface area (Å²) < 4.78 is 32.0. The number of fused-ring (bicyclic) bond motifs is 5. The summed E-state index contributed by atoms with van der Waals surface area (Å²) in [6.07, 6.45) is -11.0. The molecule has 0 bridgehead atoms. The summed E-state index contributed by atoms with van der Waals surface area (Å²) in [5, 5.41) is 99.5. The summed E-state index contributed by atoms with van der Waals surface area (Å²) in [6, 6.07) is 0. The number of aliphatic hydroxyl groups excluding tert-OH is 8. The van der Waals surface area contributed by atoms with Crippen molar-refractivity contribution >= 4 is 0 Å². The van der Waals surface area contributed by atoms with Crippen LogP contribution in [0.1, 0.15) is 114 Å². The normalized spacial score (nSPS) is 57.3. The van der Waals surface area contributed by atoms with Crippen LogP contribution in [0.2, 0.25) is 0 Å². The van der Waals surface area contributed by atoms with Gasteiger partial charge in [-0.05, 0) is 124 Å². The minimum atomic E-state index is -1.70. The van der Waals surface area contributed by atoms with Gasteiger partial charge in [-0.3, -0.25) is 0 Å². The fourth-order valence-corrected chi connectivity index (χ4v) is 14.1. The number of rotatable bonds is 7. The van der Waals surface area contributed by atoms with E-state index in [1.165, 1.54) is 6.92 Å². The van der Waals surface area contributed by atoms with Crippen molar-refractivity contribution in [2.45, 2.75) is 211 Å². The second-order valence-electron chi connectivity index (χ2n) is 21.2. The van der Waals surface area contributed by atoms with Crippen molar-refractivity contribution in [2.24, 2.45) is 45.3 Å². The van der Waals surface area contributed by atoms with Crippen LogP contribution in [0.15, 0.2) is 0 Å². The van der Waals surface area contributed by atoms with E-state index in [9.17, 15) is 46.0 Å². The zero-order valence-corrected chi connectivity index (χ0v) is 34.8. The smallest absolute Gasteiger partial charge is 0.187 e. The van der Waals surface area contributed by atoms with Crippen molar-refractivity contribution in [3.05, 3.63) is 0 Å². The van der Waals surface area contributed by atoms with Gasteiger partial charge in [-0.25, -0.2) is 0 Å². The van der Waals surface area contributed by atoms with Crippen molar-refractivity contribution in [3.8, 4) is 0 Å². The fraction of sp³-hybridized carbons (Fsp3) is 1.00. The van der Waals surface area contributed by atoms with Crippen LogP contribution in [-0.2, 0) is 23.7 Å². The molecule has 9 N–H and O–H groups in total. The lowest BCUT2D eigenvalue weighted by Crippen LogP contribution is -2.71. The average Bonchev–Trinajstić information content (AvgIpc) is 3.71. The van der Waals surface area contributed by atoms with Gasteiger partial charge < -0.3 is 69.6 Å². The fourth-order valence-electron chi connectivity index (χ4n) is 14.1. The van der Waals surface area contributed by atoms with Crippen molar-refractivity contribution in [1.29, 1.82) is 0 Å². The summed E-state index contributed by atoms with van der Waals surface area (Å²) >= 11 is 0. The van der Waals surface area contributed by atoms with Crippen LogP contribution in [-0.4, -0.2) is 150 Å². The van der Waals surface area contributed by atoms with E-state index in [-0.39, 0.29) is 35.2 Å². The maximum atomic E-state index is 12.4. The van der Waals surface area contributed by atoms with Gasteiger partial charge in [-0.15, -0.1) is 0 Å². The molecule has 324 valence electrons. The molecular weight excluding hydrogens is 728 g/mol. The standard InChI is InChI=1S/C42H72O14/c1-19-28(46)30(48)32(50)35(52-19)55-33-31(49)29(47)23(18-43)54-36(33)53-22-17-41(8)24(39(6)13-11-25(45)37(2,3)34(22)39)16-21(44)27-20(10-14-40(27,41)7)42(9)15-12-26(56-42)38(4,5)51/h19-36,43-51H,10-18H2,1-9H3/t19-,20+,21-,22+,23-,24-,25+,26+,27+,28-,29+,30+,31+,32-,33-,34+,35+,36-,39-,40-,41-,42+/m1/s1. The van der Waals surface area contributed by atoms with E-state index in [2.05, 4.69) is 41.5 Å². The van der Waals surface area contributed by atoms with Gasteiger partial charge in [0, 0.05) is 0 Å². The first-order valence-corrected chi connectivity index (χ1v) is 21.2. The Bertz CT molecular complexity index is 1430. The second kappa shape index (κ2) is 14.5. The molecule has 7 rings (SSSR count). The largest absolute Gasteiger partial charge is 0.394 e. The minimum Gasteiger partial charge on any atom is -0.394 e. The van der Waals surface area contributed by atoms with Crippen LogP contribution < -0.4 is 0 Å². The summed E-state index contributed by atoms with van der Waals surface area (Å²) in [7, 11) is 0. The third kappa shape index (κ3) is 6.49. The van der Waals surface area contributed by atoms with Crippen LogP contribution in [0, 0.1) is 45.3 Å². The Balaban J connectivity index is 1.26. The van der Waals surface area contributed by atoms with Crippen LogP contribution in [0.5, 0.6) is 0 Å². The molecule has 7 aliphatic rings. The van der Waals surface area contributed by atoms with E-state index in [1.807, 2.05) is 0 Å². The quantitative estimate of drug-likeness (QED) is 0.166. The third-order valence-electron chi connectivity index (χ3n) is 17.3. The van der Waals surface area contributed by atoms with E-state index in [1.54, 1.807) is 13.8 Å². The molecule has 0 aromatic rings. The van der Waals surface area contributed by atoms with Crippen molar-refractivity contribution in [3.63, 3.8) is 0 Å². The van der Waals surface area contributed by atoms with Crippen LogP contribution in [0.4, 0.5) is 0 Å². The molecule has 14 heteroatoms. The second-order valence-corrected chi connectivity index (χ2v) is 21.2. The Hall–Kier alpha value is -0.560. The zero-order valence-electron chi connectivity index (χ0n) is 34.8. The lowest BCUT2D eigenvalue weighted by atomic mass is 9.34. The highest BCUT2D eigenvalue weighted by Gasteiger charge is 2.74. The molecule has 14 nitrogen and oxygen atoms in total. The molecule has 3 aliphatic heterocycles. The average molecular weight is 801 g/mol. The Kier molecular flexibility index (Phi) is 11.3. The molecule has 0 amide bonds. The number of aliphatic hydroxyl groups is 9. The Morgan fingerprint density at radius 3 is 2.04 bits per heavy atom. The molecular formula is C42H72O14. The van der Waals surface area contributed by atoms with Gasteiger partial charge in [0.05, 0.1) is 48.3 Å². The Morgan fingerprint density at radius 1 is 0.732 bits per heavy atom. The van der Waals surface area contributed by atoms with Crippen molar-refractivity contribution < 1.29 is 69.6 Å². The zero-order chi connectivity index (χ0) is 41.3. The van der Waals surface area contributed by atoms with Gasteiger partial charge in [-0.1, -0.05) is 34.6 Å². The monoisotopic (exact) mass is 800 g/mol. The number of hydrogen-bond acceptors (Lipinski definition) is 14. The first-order chi connectivity index (χ1) is 25.9. The lowest BCUT2D eigenvalue weighted by Gasteiger charge is -2.72. The van der Waals surface area contributed by atoms with E-state index >= 15 is 0 Å². The highest BCUT2D eigenvalue weighted by molar-refractivity contribution is 5.22. The molecule has 0 unspecified atom stereocenters. The predicted octanol–water partition coefficient (Wildman–Crippen LogP) is 1.36. The van der Waals surface area contributed by atoms with Gasteiger partial charge in [0.15, 0.2) is 12.6 Å². The lowest BCUT2D eigenvalue weighted by molar-refractivity contribution is -0.382. The molecule has 0 spiro atoms. The van der Waals surface area contributed by atoms with Gasteiger partial charge in [0.2, 0.25) is 0 Å². The molecule has 3 saturated heterocycles. The van der Waals surface area contributed by atoms with Crippen molar-refractivity contribution in [1.82, 2.24) is 0 Å². The summed E-state index contributed by atoms with van der Waals surface area (Å²) in [5.74, 6) is -0.246. The molecule has 4 saturated carbocycles. The highest BCUT2D eigenvalue weighted by Crippen LogP contribution is 2.76. The van der Waals surface area contributed by atoms with Gasteiger partial charge >= 0.3 is 0 Å². The molecule has 3 heterocycles. The molecule has 7 fully saturated rings. The van der Waals surface area contributed by atoms with E-state index < -0.39 is 114 Å². The number of ether oxygens (including phenoxy) is 5. The maximum Gasteiger partial charge on any atom is 0.187 e. The molecule has 56 heavy (non-hydrogen) atoms. The predicted molar refractivity (Wildman–Crippen MR) is 200 cm³/mol. The van der Waals surface area contributed by atoms with E-state index in [0.29, 0.717) is 25.7 Å². The topological polar surface area (TPSA) is 228 Å². The summed E-state index contributed by atoms with van der Waals surface area (Å²) in [5.41, 5.74) is -3.36. The Morgan fingerprint density at radius 2 is 1.41 bits per heavy atom. The SMILES string of the molecule is C[C@H]1O[C@@H](O[C@H]2[C@H](O[C@H]3C[C@]4(C)[C@H](C[C@@H](O)[C@@H]5[C@@H]([C@]6(C)CC[C@@H](C(C)(C)O)O6)CC[C@]54C)[C@@]4(C)CC[C@H](O)C(C)(C)[C@H]34)O[C@H](CO)[C@H](O)[C@@H]2O)[C@H](O)[C@@H](O)[C@@H]1O. The van der Waals surface area contributed by atoms with Crippen molar-refractivity contribution in [2.75, 3.05) is 6.61 Å². The molecule has 22 atom stereocenters. The molecule has 0 aromatic heterocycles. The van der Waals surface area contributed by atoms with Gasteiger partial charge in [0.1, 0.15) is 42.7 Å². The van der Waals surface area contributed by atoms with Crippen LogP contribution >= 0.6 is 0 Å². The first-order valence-electron chi connectivity index (χ1n) is 21.2. The minimum absolute atomic E-state index is 0.0557. The van der Waals surface area contributed by atoms with E-state index in [0.717, 1.165) is 25.7 Å². The van der Waals surface area contributed by atoms with E-state index in [4.69, 9.17) is 23.7 Å². The van der Waals surface area contributed by atoms with Crippen LogP contribution in [0.3, 0.4) is 0 Å². The first kappa shape index (κ1) is 43.5. The third-order valence-corrected chi connectivity index (χ3v) is 17.3. The van der Waals surface area contributed by atoms with Crippen LogP contribution in [0.25, 0.3) is 0 Å². The summed E-state index contributed by atoms with van der Waals surface area (Å²) in [6.45, 7) is 17.6. The highest BCUT2D eigenvalue weighted by atomic mass is 16.8. The molecule has 0 radical (unpaired) electrons. The molecule has 0 aromatic carbocycles. The summed E-state index contributed by atoms with van der Waals surface area (Å²) in [4.78, 5) is 0. The van der Waals surface area contributed by atoms with Gasteiger partial charge in [-0.2, -0.15) is 0 Å². The Labute approximate surface area is 331 Å². The van der Waals surface area contributed by atoms with Gasteiger partial charge in [0.25, 0.3) is 0 Å². The maximum absolute atomic E-state index is 12.4. The molecule has 4 aliphatic carbocycles.